The lowest BCUT2D eigenvalue weighted by Gasteiger charge is -2.34. The van der Waals surface area contributed by atoms with Crippen LogP contribution in [0.2, 0.25) is 0 Å². The summed E-state index contributed by atoms with van der Waals surface area (Å²) in [6.07, 6.45) is 1.48. The predicted molar refractivity (Wildman–Crippen MR) is 141 cm³/mol. The molecule has 0 aliphatic carbocycles. The first kappa shape index (κ1) is 23.9. The van der Waals surface area contributed by atoms with Crippen LogP contribution in [0.4, 0.5) is 20.6 Å². The van der Waals surface area contributed by atoms with E-state index >= 15 is 0 Å². The molecule has 1 aliphatic heterocycles. The second-order valence-corrected chi connectivity index (χ2v) is 8.91. The Hall–Kier alpha value is -4.78. The Balaban J connectivity index is 1.66. The standard InChI is InChI=1S/C30H24FN3O3/c1-19-13-15-24(16-14-19)34-29(36)25(28(35)33(30(34)37)23-9-5-4-6-10-23)18-22-17-20(2)32(21(22)3)27-12-8-7-11-26(27)31/h4-18H,1-3H3/b25-18+. The largest absolute Gasteiger partial charge is 0.343 e. The summed E-state index contributed by atoms with van der Waals surface area (Å²) in [6.45, 7) is 5.52. The molecule has 0 bridgehead atoms. The van der Waals surface area contributed by atoms with Gasteiger partial charge >= 0.3 is 6.03 Å². The minimum absolute atomic E-state index is 0.169. The molecule has 3 aromatic carbocycles. The fourth-order valence-corrected chi connectivity index (χ4v) is 4.55. The number of benzene rings is 3. The van der Waals surface area contributed by atoms with Crippen LogP contribution in [0.5, 0.6) is 0 Å². The quantitative estimate of drug-likeness (QED) is 0.254. The monoisotopic (exact) mass is 493 g/mol. The molecule has 5 rings (SSSR count). The van der Waals surface area contributed by atoms with Gasteiger partial charge in [-0.1, -0.05) is 48.0 Å². The van der Waals surface area contributed by atoms with Crippen molar-refractivity contribution in [3.05, 3.63) is 119 Å². The first-order valence-corrected chi connectivity index (χ1v) is 11.8. The number of aromatic nitrogens is 1. The lowest BCUT2D eigenvalue weighted by Crippen LogP contribution is -2.57. The van der Waals surface area contributed by atoms with E-state index < -0.39 is 17.8 Å². The van der Waals surface area contributed by atoms with Gasteiger partial charge in [0.2, 0.25) is 0 Å². The number of nitrogens with zero attached hydrogens (tertiary/aromatic N) is 3. The molecule has 4 aromatic rings. The van der Waals surface area contributed by atoms with E-state index in [4.69, 9.17) is 0 Å². The predicted octanol–water partition coefficient (Wildman–Crippen LogP) is 6.13. The van der Waals surface area contributed by atoms with Crippen molar-refractivity contribution in [3.63, 3.8) is 0 Å². The molecule has 6 nitrogen and oxygen atoms in total. The van der Waals surface area contributed by atoms with Crippen molar-refractivity contribution in [2.24, 2.45) is 0 Å². The molecule has 7 heteroatoms. The Kier molecular flexibility index (Phi) is 6.05. The average molecular weight is 494 g/mol. The average Bonchev–Trinajstić information content (AvgIpc) is 3.16. The van der Waals surface area contributed by atoms with Gasteiger partial charge in [-0.3, -0.25) is 9.59 Å². The van der Waals surface area contributed by atoms with Crippen molar-refractivity contribution >= 4 is 35.3 Å². The van der Waals surface area contributed by atoms with Crippen LogP contribution in [0.25, 0.3) is 11.8 Å². The van der Waals surface area contributed by atoms with Gasteiger partial charge in [0.05, 0.1) is 17.1 Å². The number of halogens is 1. The Morgan fingerprint density at radius 3 is 1.89 bits per heavy atom. The summed E-state index contributed by atoms with van der Waals surface area (Å²) < 4.78 is 16.3. The number of rotatable bonds is 4. The molecule has 0 spiro atoms. The van der Waals surface area contributed by atoms with E-state index in [2.05, 4.69) is 0 Å². The van der Waals surface area contributed by atoms with Crippen LogP contribution in [0.3, 0.4) is 0 Å². The van der Waals surface area contributed by atoms with Crippen LogP contribution >= 0.6 is 0 Å². The highest BCUT2D eigenvalue weighted by atomic mass is 19.1. The van der Waals surface area contributed by atoms with Crippen LogP contribution in [-0.2, 0) is 9.59 Å². The molecule has 37 heavy (non-hydrogen) atoms. The number of hydrogen-bond donors (Lipinski definition) is 0. The van der Waals surface area contributed by atoms with Crippen molar-refractivity contribution in [2.45, 2.75) is 20.8 Å². The van der Waals surface area contributed by atoms with E-state index in [1.807, 2.05) is 13.8 Å². The lowest BCUT2D eigenvalue weighted by molar-refractivity contribution is -0.121. The lowest BCUT2D eigenvalue weighted by atomic mass is 10.0. The zero-order valence-corrected chi connectivity index (χ0v) is 20.6. The first-order valence-electron chi connectivity index (χ1n) is 11.8. The van der Waals surface area contributed by atoms with Crippen LogP contribution in [0.15, 0.2) is 90.5 Å². The number of barbiturate groups is 1. The summed E-state index contributed by atoms with van der Waals surface area (Å²) >= 11 is 0. The van der Waals surface area contributed by atoms with Crippen molar-refractivity contribution in [2.75, 3.05) is 9.80 Å². The van der Waals surface area contributed by atoms with Gasteiger partial charge < -0.3 is 4.57 Å². The van der Waals surface area contributed by atoms with E-state index in [1.165, 1.54) is 12.1 Å². The number of urea groups is 1. The van der Waals surface area contributed by atoms with Crippen molar-refractivity contribution in [1.29, 1.82) is 0 Å². The number of carbonyl (C=O) groups excluding carboxylic acids is 3. The van der Waals surface area contributed by atoms with E-state index in [-0.39, 0.29) is 11.4 Å². The topological polar surface area (TPSA) is 62.6 Å². The van der Waals surface area contributed by atoms with Gasteiger partial charge in [0.1, 0.15) is 11.4 Å². The highest BCUT2D eigenvalue weighted by Crippen LogP contribution is 2.31. The molecule has 184 valence electrons. The van der Waals surface area contributed by atoms with Gasteiger partial charge in [-0.05, 0) is 74.9 Å². The second-order valence-electron chi connectivity index (χ2n) is 8.91. The van der Waals surface area contributed by atoms with Crippen LogP contribution < -0.4 is 9.80 Å². The Bertz CT molecular complexity index is 1570. The number of hydrogen-bond acceptors (Lipinski definition) is 3. The third-order valence-corrected chi connectivity index (χ3v) is 6.42. The number of para-hydroxylation sites is 2. The van der Waals surface area contributed by atoms with Crippen LogP contribution in [0.1, 0.15) is 22.5 Å². The molecule has 0 radical (unpaired) electrons. The maximum absolute atomic E-state index is 14.6. The zero-order chi connectivity index (χ0) is 26.3. The van der Waals surface area contributed by atoms with Gasteiger partial charge in [0, 0.05) is 11.4 Å². The maximum atomic E-state index is 14.6. The molecule has 1 aliphatic rings. The van der Waals surface area contributed by atoms with E-state index in [0.29, 0.717) is 28.3 Å². The summed E-state index contributed by atoms with van der Waals surface area (Å²) in [5, 5.41) is 0. The minimum Gasteiger partial charge on any atom is -0.315 e. The molecule has 1 saturated heterocycles. The molecule has 4 amide bonds. The Morgan fingerprint density at radius 1 is 0.703 bits per heavy atom. The number of imide groups is 2. The smallest absolute Gasteiger partial charge is 0.315 e. The summed E-state index contributed by atoms with van der Waals surface area (Å²) in [5.41, 5.74) is 3.83. The second kappa shape index (κ2) is 9.35. The third-order valence-electron chi connectivity index (χ3n) is 6.42. The molecule has 1 fully saturated rings. The number of amides is 4. The molecular weight excluding hydrogens is 469 g/mol. The normalized spacial score (nSPS) is 15.1. The molecule has 2 heterocycles. The maximum Gasteiger partial charge on any atom is 0.343 e. The molecule has 0 unspecified atom stereocenters. The van der Waals surface area contributed by atoms with Gasteiger partial charge in [-0.25, -0.2) is 19.0 Å². The number of carbonyl (C=O) groups is 3. The van der Waals surface area contributed by atoms with E-state index in [0.717, 1.165) is 21.1 Å². The van der Waals surface area contributed by atoms with Crippen molar-refractivity contribution in [3.8, 4) is 5.69 Å². The molecule has 0 saturated carbocycles. The third kappa shape index (κ3) is 4.14. The van der Waals surface area contributed by atoms with Crippen LogP contribution in [0, 0.1) is 26.6 Å². The Labute approximate surface area is 213 Å². The molecular formula is C30H24FN3O3. The van der Waals surface area contributed by atoms with Crippen molar-refractivity contribution < 1.29 is 18.8 Å². The summed E-state index contributed by atoms with van der Waals surface area (Å²) in [7, 11) is 0. The van der Waals surface area contributed by atoms with Crippen molar-refractivity contribution in [1.82, 2.24) is 4.57 Å². The fourth-order valence-electron chi connectivity index (χ4n) is 4.55. The van der Waals surface area contributed by atoms with Gasteiger partial charge in [0.15, 0.2) is 0 Å². The first-order chi connectivity index (χ1) is 17.8. The number of aryl methyl sites for hydroxylation is 2. The van der Waals surface area contributed by atoms with Gasteiger partial charge in [-0.15, -0.1) is 0 Å². The fraction of sp³-hybridized carbons (Fsp3) is 0.100. The minimum atomic E-state index is -0.751. The molecule has 0 N–H and O–H groups in total. The highest BCUT2D eigenvalue weighted by molar-refractivity contribution is 6.46. The van der Waals surface area contributed by atoms with E-state index in [1.54, 1.807) is 90.4 Å². The van der Waals surface area contributed by atoms with Gasteiger partial charge in [0.25, 0.3) is 11.8 Å². The highest BCUT2D eigenvalue weighted by Gasteiger charge is 2.43. The zero-order valence-electron chi connectivity index (χ0n) is 20.6. The van der Waals surface area contributed by atoms with Crippen LogP contribution in [-0.4, -0.2) is 22.4 Å². The summed E-state index contributed by atoms with van der Waals surface area (Å²) in [4.78, 5) is 42.8. The summed E-state index contributed by atoms with van der Waals surface area (Å²) in [5.74, 6) is -1.83. The summed E-state index contributed by atoms with van der Waals surface area (Å²) in [6, 6.07) is 22.9. The Morgan fingerprint density at radius 2 is 1.27 bits per heavy atom. The van der Waals surface area contributed by atoms with E-state index in [9.17, 15) is 18.8 Å². The SMILES string of the molecule is Cc1ccc(N2C(=O)/C(=C/c3cc(C)n(-c4ccccc4F)c3C)C(=O)N(c3ccccc3)C2=O)cc1. The van der Waals surface area contributed by atoms with Gasteiger partial charge in [-0.2, -0.15) is 0 Å². The molecule has 0 atom stereocenters. The molecule has 1 aromatic heterocycles. The number of anilines is 2.